The summed E-state index contributed by atoms with van der Waals surface area (Å²) in [4.78, 5) is 0. The summed E-state index contributed by atoms with van der Waals surface area (Å²) in [7, 11) is 0. The smallest absolute Gasteiger partial charge is 0.123 e. The summed E-state index contributed by atoms with van der Waals surface area (Å²) >= 11 is 0. The van der Waals surface area contributed by atoms with Gasteiger partial charge in [0, 0.05) is 0 Å². The highest BCUT2D eigenvalue weighted by Crippen LogP contribution is 2.30. The number of hydrogen-bond donors (Lipinski definition) is 1. The fraction of sp³-hybridized carbons (Fsp3) is 0.333. The summed E-state index contributed by atoms with van der Waals surface area (Å²) in [6, 6.07) is 11.7. The van der Waals surface area contributed by atoms with E-state index in [-0.39, 0.29) is 11.9 Å². The van der Waals surface area contributed by atoms with E-state index in [1.54, 1.807) is 12.1 Å². The molecule has 1 N–H and O–H groups in total. The lowest BCUT2D eigenvalue weighted by Gasteiger charge is -2.24. The molecule has 0 heterocycles. The van der Waals surface area contributed by atoms with Gasteiger partial charge in [0.15, 0.2) is 0 Å². The normalized spacial score (nSPS) is 12.4. The number of hydrogen-bond acceptors (Lipinski definition) is 1. The van der Waals surface area contributed by atoms with Crippen LogP contribution in [0.5, 0.6) is 0 Å². The standard InChI is InChI=1S/C18H22FN/c1-5-20-18(16-9-7-6-8-12(16)2)17-13(3)10-15(19)11-14(17)4/h6-11,18,20H,5H2,1-4H3. The fourth-order valence-corrected chi connectivity index (χ4v) is 2.86. The minimum atomic E-state index is -0.163. The van der Waals surface area contributed by atoms with E-state index in [4.69, 9.17) is 0 Å². The van der Waals surface area contributed by atoms with Gasteiger partial charge >= 0.3 is 0 Å². The first kappa shape index (κ1) is 14.7. The predicted molar refractivity (Wildman–Crippen MR) is 82.6 cm³/mol. The van der Waals surface area contributed by atoms with Crippen molar-refractivity contribution in [2.75, 3.05) is 6.54 Å². The van der Waals surface area contributed by atoms with Crippen molar-refractivity contribution >= 4 is 0 Å². The van der Waals surface area contributed by atoms with E-state index in [2.05, 4.69) is 37.4 Å². The Kier molecular flexibility index (Phi) is 4.56. The molecule has 2 aromatic carbocycles. The van der Waals surface area contributed by atoms with Crippen LogP contribution in [-0.2, 0) is 0 Å². The van der Waals surface area contributed by atoms with Gasteiger partial charge in [-0.05, 0) is 67.3 Å². The second kappa shape index (κ2) is 6.19. The lowest BCUT2D eigenvalue weighted by molar-refractivity contribution is 0.605. The van der Waals surface area contributed by atoms with Crippen LogP contribution in [0.2, 0.25) is 0 Å². The van der Waals surface area contributed by atoms with Gasteiger partial charge in [-0.2, -0.15) is 0 Å². The molecule has 0 amide bonds. The molecule has 2 heteroatoms. The van der Waals surface area contributed by atoms with Gasteiger partial charge in [0.05, 0.1) is 6.04 Å². The monoisotopic (exact) mass is 271 g/mol. The van der Waals surface area contributed by atoms with Crippen molar-refractivity contribution in [2.45, 2.75) is 33.7 Å². The van der Waals surface area contributed by atoms with Crippen LogP contribution in [0.4, 0.5) is 4.39 Å². The van der Waals surface area contributed by atoms with Crippen LogP contribution >= 0.6 is 0 Å². The highest BCUT2D eigenvalue weighted by Gasteiger charge is 2.19. The van der Waals surface area contributed by atoms with Crippen LogP contribution in [0.15, 0.2) is 36.4 Å². The minimum Gasteiger partial charge on any atom is -0.307 e. The maximum absolute atomic E-state index is 13.5. The second-order valence-corrected chi connectivity index (χ2v) is 5.30. The van der Waals surface area contributed by atoms with Gasteiger partial charge in [0.1, 0.15) is 5.82 Å². The molecule has 20 heavy (non-hydrogen) atoms. The molecule has 0 aromatic heterocycles. The third-order valence-electron chi connectivity index (χ3n) is 3.75. The van der Waals surface area contributed by atoms with Crippen LogP contribution in [0.3, 0.4) is 0 Å². The Morgan fingerprint density at radius 1 is 1.00 bits per heavy atom. The number of nitrogens with one attached hydrogen (secondary N) is 1. The third-order valence-corrected chi connectivity index (χ3v) is 3.75. The lowest BCUT2D eigenvalue weighted by atomic mass is 9.89. The molecular weight excluding hydrogens is 249 g/mol. The largest absolute Gasteiger partial charge is 0.307 e. The highest BCUT2D eigenvalue weighted by atomic mass is 19.1. The van der Waals surface area contributed by atoms with Crippen LogP contribution in [-0.4, -0.2) is 6.54 Å². The molecular formula is C18H22FN. The van der Waals surface area contributed by atoms with Crippen molar-refractivity contribution < 1.29 is 4.39 Å². The predicted octanol–water partition coefficient (Wildman–Crippen LogP) is 4.45. The zero-order chi connectivity index (χ0) is 14.7. The summed E-state index contributed by atoms with van der Waals surface area (Å²) in [6.07, 6.45) is 0. The molecule has 106 valence electrons. The maximum atomic E-state index is 13.5. The average molecular weight is 271 g/mol. The highest BCUT2D eigenvalue weighted by molar-refractivity contribution is 5.44. The molecule has 0 aliphatic heterocycles. The first-order valence-corrected chi connectivity index (χ1v) is 7.10. The molecule has 0 aliphatic carbocycles. The Hall–Kier alpha value is -1.67. The molecule has 0 radical (unpaired) electrons. The van der Waals surface area contributed by atoms with Gasteiger partial charge in [-0.1, -0.05) is 31.2 Å². The zero-order valence-corrected chi connectivity index (χ0v) is 12.6. The lowest BCUT2D eigenvalue weighted by Crippen LogP contribution is -2.24. The molecule has 2 rings (SSSR count). The first-order valence-electron chi connectivity index (χ1n) is 7.10. The zero-order valence-electron chi connectivity index (χ0n) is 12.6. The van der Waals surface area contributed by atoms with E-state index in [0.717, 1.165) is 17.7 Å². The summed E-state index contributed by atoms with van der Waals surface area (Å²) < 4.78 is 13.5. The van der Waals surface area contributed by atoms with Gasteiger partial charge in [-0.3, -0.25) is 0 Å². The van der Waals surface area contributed by atoms with Crippen molar-refractivity contribution in [1.82, 2.24) is 5.32 Å². The second-order valence-electron chi connectivity index (χ2n) is 5.30. The van der Waals surface area contributed by atoms with Crippen molar-refractivity contribution in [3.05, 3.63) is 70.0 Å². The summed E-state index contributed by atoms with van der Waals surface area (Å²) in [5, 5.41) is 3.53. The minimum absolute atomic E-state index is 0.113. The van der Waals surface area contributed by atoms with Crippen LogP contribution in [0.1, 0.15) is 40.8 Å². The summed E-state index contributed by atoms with van der Waals surface area (Å²) in [5.74, 6) is -0.163. The fourth-order valence-electron chi connectivity index (χ4n) is 2.86. The molecule has 1 unspecified atom stereocenters. The Morgan fingerprint density at radius 2 is 1.60 bits per heavy atom. The van der Waals surface area contributed by atoms with Gasteiger partial charge < -0.3 is 5.32 Å². The van der Waals surface area contributed by atoms with E-state index in [0.29, 0.717) is 0 Å². The van der Waals surface area contributed by atoms with Gasteiger partial charge in [0.25, 0.3) is 0 Å². The van der Waals surface area contributed by atoms with E-state index < -0.39 is 0 Å². The number of aryl methyl sites for hydroxylation is 3. The number of benzene rings is 2. The average Bonchev–Trinajstić information content (AvgIpc) is 2.37. The molecule has 0 saturated heterocycles. The van der Waals surface area contributed by atoms with Crippen molar-refractivity contribution in [3.8, 4) is 0 Å². The van der Waals surface area contributed by atoms with E-state index in [1.165, 1.54) is 16.7 Å². The Bertz CT molecular complexity index is 581. The number of rotatable bonds is 4. The summed E-state index contributed by atoms with van der Waals surface area (Å²) in [5.41, 5.74) is 5.68. The molecule has 0 aliphatic rings. The van der Waals surface area contributed by atoms with E-state index >= 15 is 0 Å². The molecule has 0 bridgehead atoms. The molecule has 0 spiro atoms. The quantitative estimate of drug-likeness (QED) is 0.866. The Labute approximate surface area is 120 Å². The molecule has 1 nitrogen and oxygen atoms in total. The summed E-state index contributed by atoms with van der Waals surface area (Å²) in [6.45, 7) is 9.05. The molecule has 0 fully saturated rings. The Balaban J connectivity index is 2.58. The first-order chi connectivity index (χ1) is 9.54. The van der Waals surface area contributed by atoms with E-state index in [1.807, 2.05) is 19.9 Å². The third kappa shape index (κ3) is 2.91. The number of halogens is 1. The van der Waals surface area contributed by atoms with Crippen molar-refractivity contribution in [3.63, 3.8) is 0 Å². The molecule has 2 aromatic rings. The van der Waals surface area contributed by atoms with Crippen LogP contribution < -0.4 is 5.32 Å². The molecule has 0 saturated carbocycles. The van der Waals surface area contributed by atoms with Crippen molar-refractivity contribution in [2.24, 2.45) is 0 Å². The van der Waals surface area contributed by atoms with Gasteiger partial charge in [0.2, 0.25) is 0 Å². The maximum Gasteiger partial charge on any atom is 0.123 e. The topological polar surface area (TPSA) is 12.0 Å². The van der Waals surface area contributed by atoms with Crippen molar-refractivity contribution in [1.29, 1.82) is 0 Å². The Morgan fingerprint density at radius 3 is 2.15 bits per heavy atom. The van der Waals surface area contributed by atoms with Gasteiger partial charge in [-0.15, -0.1) is 0 Å². The SMILES string of the molecule is CCNC(c1ccccc1C)c1c(C)cc(F)cc1C. The van der Waals surface area contributed by atoms with Crippen LogP contribution in [0.25, 0.3) is 0 Å². The molecule has 1 atom stereocenters. The van der Waals surface area contributed by atoms with Crippen LogP contribution in [0, 0.1) is 26.6 Å². The van der Waals surface area contributed by atoms with E-state index in [9.17, 15) is 4.39 Å². The van der Waals surface area contributed by atoms with Gasteiger partial charge in [-0.25, -0.2) is 4.39 Å².